The van der Waals surface area contributed by atoms with Gasteiger partial charge >= 0.3 is 0 Å². The van der Waals surface area contributed by atoms with Gasteiger partial charge in [-0.2, -0.15) is 0 Å². The topological polar surface area (TPSA) is 38.9 Å². The van der Waals surface area contributed by atoms with E-state index >= 15 is 0 Å². The molecule has 0 fully saturated rings. The van der Waals surface area contributed by atoms with Crippen LogP contribution < -0.4 is 5.73 Å². The molecule has 0 aliphatic rings. The average Bonchev–Trinajstić information content (AvgIpc) is 2.73. The van der Waals surface area contributed by atoms with Crippen LogP contribution in [0.15, 0.2) is 34.0 Å². The molecule has 0 unspecified atom stereocenters. The molecule has 90 valence electrons. The Kier molecular flexibility index (Phi) is 4.45. The number of benzene rings is 1. The number of thioether (sulfide) groups is 1. The number of anilines is 1. The molecule has 0 aliphatic carbocycles. The maximum Gasteiger partial charge on any atom is 0.150 e. The molecule has 0 aliphatic heterocycles. The second-order valence-electron chi connectivity index (χ2n) is 3.95. The van der Waals surface area contributed by atoms with Crippen molar-refractivity contribution in [3.63, 3.8) is 0 Å². The minimum absolute atomic E-state index is 0.835. The van der Waals surface area contributed by atoms with Gasteiger partial charge in [-0.25, -0.2) is 4.98 Å². The molecule has 17 heavy (non-hydrogen) atoms. The molecule has 0 spiro atoms. The molecule has 0 atom stereocenters. The highest BCUT2D eigenvalue weighted by Gasteiger charge is 1.99. The van der Waals surface area contributed by atoms with E-state index in [1.807, 2.05) is 30.8 Å². The number of hydrogen-bond acceptors (Lipinski definition) is 4. The summed E-state index contributed by atoms with van der Waals surface area (Å²) >= 11 is 3.58. The summed E-state index contributed by atoms with van der Waals surface area (Å²) in [4.78, 5) is 4.43. The molecular formula is C13H16N2S2. The molecule has 0 bridgehead atoms. The minimum atomic E-state index is 0.835. The van der Waals surface area contributed by atoms with Gasteiger partial charge in [0.1, 0.15) is 4.34 Å². The predicted molar refractivity (Wildman–Crippen MR) is 76.8 cm³/mol. The van der Waals surface area contributed by atoms with Crippen LogP contribution in [0.5, 0.6) is 0 Å². The number of hydrogen-bond donors (Lipinski definition) is 1. The molecule has 4 heteroatoms. The Bertz CT molecular complexity index is 463. The van der Waals surface area contributed by atoms with E-state index in [4.69, 9.17) is 5.73 Å². The van der Waals surface area contributed by atoms with E-state index in [1.54, 1.807) is 11.3 Å². The summed E-state index contributed by atoms with van der Waals surface area (Å²) in [6.45, 7) is 2.04. The van der Waals surface area contributed by atoms with E-state index in [0.717, 1.165) is 23.6 Å². The maximum atomic E-state index is 5.65. The van der Waals surface area contributed by atoms with Crippen molar-refractivity contribution in [2.24, 2.45) is 0 Å². The Morgan fingerprint density at radius 2 is 2.06 bits per heavy atom. The van der Waals surface area contributed by atoms with Crippen LogP contribution >= 0.6 is 23.1 Å². The maximum absolute atomic E-state index is 5.65. The normalized spacial score (nSPS) is 10.6. The predicted octanol–water partition coefficient (Wildman–Crippen LogP) is 3.76. The molecule has 1 heterocycles. The van der Waals surface area contributed by atoms with Crippen molar-refractivity contribution < 1.29 is 0 Å². The Morgan fingerprint density at radius 1 is 1.29 bits per heavy atom. The first-order chi connectivity index (χ1) is 8.24. The summed E-state index contributed by atoms with van der Waals surface area (Å²) < 4.78 is 1.18. The Balaban J connectivity index is 1.71. The molecule has 0 radical (unpaired) electrons. The van der Waals surface area contributed by atoms with Gasteiger partial charge in [0.15, 0.2) is 0 Å². The summed E-state index contributed by atoms with van der Waals surface area (Å²) in [6.07, 6.45) is 2.28. The molecule has 2 nitrogen and oxygen atoms in total. The Morgan fingerprint density at radius 3 is 2.71 bits per heavy atom. The van der Waals surface area contributed by atoms with Gasteiger partial charge in [-0.1, -0.05) is 23.9 Å². The van der Waals surface area contributed by atoms with E-state index in [0.29, 0.717) is 0 Å². The van der Waals surface area contributed by atoms with Gasteiger partial charge in [0.25, 0.3) is 0 Å². The van der Waals surface area contributed by atoms with Gasteiger partial charge < -0.3 is 5.73 Å². The van der Waals surface area contributed by atoms with E-state index in [-0.39, 0.29) is 0 Å². The van der Waals surface area contributed by atoms with Crippen LogP contribution in [0.4, 0.5) is 5.69 Å². The lowest BCUT2D eigenvalue weighted by Crippen LogP contribution is -1.89. The van der Waals surface area contributed by atoms with Crippen molar-refractivity contribution in [3.05, 3.63) is 40.9 Å². The minimum Gasteiger partial charge on any atom is -0.399 e. The van der Waals surface area contributed by atoms with Crippen LogP contribution in [-0.2, 0) is 6.42 Å². The number of rotatable bonds is 5. The lowest BCUT2D eigenvalue weighted by molar-refractivity contribution is 0.932. The molecular weight excluding hydrogens is 248 g/mol. The van der Waals surface area contributed by atoms with E-state index in [9.17, 15) is 0 Å². The second kappa shape index (κ2) is 6.07. The Hall–Kier alpha value is -1.00. The lowest BCUT2D eigenvalue weighted by atomic mass is 10.1. The van der Waals surface area contributed by atoms with Crippen LogP contribution in [0.3, 0.4) is 0 Å². The quantitative estimate of drug-likeness (QED) is 0.508. The van der Waals surface area contributed by atoms with Gasteiger partial charge in [0, 0.05) is 22.5 Å². The largest absolute Gasteiger partial charge is 0.399 e. The number of aromatic nitrogens is 1. The molecule has 0 saturated heterocycles. The van der Waals surface area contributed by atoms with Gasteiger partial charge in [0.05, 0.1) is 0 Å². The lowest BCUT2D eigenvalue weighted by Gasteiger charge is -2.01. The standard InChI is InChI=1S/C13H16N2S2/c1-10-9-17-13(15-10)16-8-2-3-11-4-6-12(14)7-5-11/h4-7,9H,2-3,8,14H2,1H3. The number of nitrogens with zero attached hydrogens (tertiary/aromatic N) is 1. The summed E-state index contributed by atoms with van der Waals surface area (Å²) in [6, 6.07) is 8.14. The zero-order valence-electron chi connectivity index (χ0n) is 9.85. The fourth-order valence-electron chi connectivity index (χ4n) is 1.52. The first kappa shape index (κ1) is 12.5. The van der Waals surface area contributed by atoms with Crippen molar-refractivity contribution in [2.45, 2.75) is 24.1 Å². The van der Waals surface area contributed by atoms with Crippen molar-refractivity contribution in [1.29, 1.82) is 0 Å². The van der Waals surface area contributed by atoms with Crippen LogP contribution in [-0.4, -0.2) is 10.7 Å². The smallest absolute Gasteiger partial charge is 0.150 e. The third kappa shape index (κ3) is 4.06. The van der Waals surface area contributed by atoms with Gasteiger partial charge in [0.2, 0.25) is 0 Å². The van der Waals surface area contributed by atoms with Gasteiger partial charge in [-0.05, 0) is 37.5 Å². The van der Waals surface area contributed by atoms with Crippen LogP contribution in [0.1, 0.15) is 17.7 Å². The van der Waals surface area contributed by atoms with Crippen LogP contribution in [0.25, 0.3) is 0 Å². The molecule has 2 rings (SSSR count). The second-order valence-corrected chi connectivity index (χ2v) is 6.15. The Labute approximate surface area is 110 Å². The van der Waals surface area contributed by atoms with Crippen LogP contribution in [0, 0.1) is 6.92 Å². The monoisotopic (exact) mass is 264 g/mol. The highest BCUT2D eigenvalue weighted by atomic mass is 32.2. The highest BCUT2D eigenvalue weighted by molar-refractivity contribution is 8.00. The first-order valence-corrected chi connectivity index (χ1v) is 7.50. The van der Waals surface area contributed by atoms with Gasteiger partial charge in [-0.3, -0.25) is 0 Å². The van der Waals surface area contributed by atoms with Crippen LogP contribution in [0.2, 0.25) is 0 Å². The van der Waals surface area contributed by atoms with Gasteiger partial charge in [-0.15, -0.1) is 11.3 Å². The van der Waals surface area contributed by atoms with Crippen molar-refractivity contribution in [1.82, 2.24) is 4.98 Å². The fraction of sp³-hybridized carbons (Fsp3) is 0.308. The fourth-order valence-corrected chi connectivity index (χ4v) is 3.38. The zero-order chi connectivity index (χ0) is 12.1. The third-order valence-electron chi connectivity index (χ3n) is 2.41. The number of nitrogens with two attached hydrogens (primary N) is 1. The summed E-state index contributed by atoms with van der Waals surface area (Å²) in [5.41, 5.74) is 8.96. The molecule has 2 N–H and O–H groups in total. The molecule has 2 aromatic rings. The molecule has 1 aromatic heterocycles. The highest BCUT2D eigenvalue weighted by Crippen LogP contribution is 2.23. The van der Waals surface area contributed by atoms with E-state index in [1.165, 1.54) is 16.3 Å². The molecule has 0 saturated carbocycles. The third-order valence-corrected chi connectivity index (χ3v) is 4.64. The van der Waals surface area contributed by atoms with E-state index in [2.05, 4.69) is 22.5 Å². The zero-order valence-corrected chi connectivity index (χ0v) is 11.5. The SMILES string of the molecule is Cc1csc(SCCCc2ccc(N)cc2)n1. The summed E-state index contributed by atoms with van der Waals surface area (Å²) in [5.74, 6) is 1.12. The number of aryl methyl sites for hydroxylation is 2. The molecule has 0 amide bonds. The van der Waals surface area contributed by atoms with E-state index < -0.39 is 0 Å². The van der Waals surface area contributed by atoms with Crippen molar-refractivity contribution >= 4 is 28.8 Å². The molecule has 1 aromatic carbocycles. The summed E-state index contributed by atoms with van der Waals surface area (Å²) in [5, 5.41) is 2.10. The van der Waals surface area contributed by atoms with Crippen molar-refractivity contribution in [3.8, 4) is 0 Å². The number of nitrogen functional groups attached to an aromatic ring is 1. The number of thiazole rings is 1. The summed E-state index contributed by atoms with van der Waals surface area (Å²) in [7, 11) is 0. The average molecular weight is 264 g/mol. The van der Waals surface area contributed by atoms with Crippen molar-refractivity contribution in [2.75, 3.05) is 11.5 Å². The first-order valence-electron chi connectivity index (χ1n) is 5.63.